The van der Waals surface area contributed by atoms with E-state index in [4.69, 9.17) is 40.5 Å². The van der Waals surface area contributed by atoms with Crippen LogP contribution in [-0.2, 0) is 9.78 Å². The Labute approximate surface area is 205 Å². The highest BCUT2D eigenvalue weighted by molar-refractivity contribution is 5.53. The van der Waals surface area contributed by atoms with Gasteiger partial charge in [-0.25, -0.2) is 19.4 Å². The molecule has 0 saturated heterocycles. The predicted molar refractivity (Wildman–Crippen MR) is 133 cm³/mol. The summed E-state index contributed by atoms with van der Waals surface area (Å²) in [5.74, 6) is 3.14. The van der Waals surface area contributed by atoms with E-state index in [1.54, 1.807) is 0 Å². The third-order valence-electron chi connectivity index (χ3n) is 6.03. The molecule has 2 unspecified atom stereocenters. The van der Waals surface area contributed by atoms with Crippen molar-refractivity contribution in [2.45, 2.75) is 106 Å². The van der Waals surface area contributed by atoms with Crippen LogP contribution in [0.3, 0.4) is 0 Å². The maximum absolute atomic E-state index is 8.56. The zero-order valence-electron chi connectivity index (χ0n) is 22.1. The molecule has 2 atom stereocenters. The van der Waals surface area contributed by atoms with Gasteiger partial charge in [-0.2, -0.15) is 0 Å². The molecule has 0 radical (unpaired) electrons. The van der Waals surface area contributed by atoms with Gasteiger partial charge in [-0.1, -0.05) is 80.1 Å². The molecule has 0 rings (SSSR count). The van der Waals surface area contributed by atoms with Gasteiger partial charge in [0.25, 0.3) is 0 Å². The molecule has 34 heavy (non-hydrogen) atoms. The Kier molecular flexibility index (Phi) is 36.5. The second kappa shape index (κ2) is 31.4. The quantitative estimate of drug-likeness (QED) is 0.0902. The average molecular weight is 501 g/mol. The summed E-state index contributed by atoms with van der Waals surface area (Å²) in [5, 5.41) is 44.4. The lowest BCUT2D eigenvalue weighted by atomic mass is 9.87. The van der Waals surface area contributed by atoms with Crippen molar-refractivity contribution < 1.29 is 50.3 Å². The van der Waals surface area contributed by atoms with Crippen LogP contribution in [0.2, 0.25) is 0 Å². The first-order valence-corrected chi connectivity index (χ1v) is 12.4. The minimum Gasteiger partial charge on any atom is -0.450 e. The van der Waals surface area contributed by atoms with Gasteiger partial charge >= 0.3 is 12.3 Å². The Morgan fingerprint density at radius 3 is 0.882 bits per heavy atom. The summed E-state index contributed by atoms with van der Waals surface area (Å²) in [6.07, 6.45) is 8.35. The summed E-state index contributed by atoms with van der Waals surface area (Å²) in [5.41, 5.74) is 0. The molecular weight excluding hydrogens is 448 g/mol. The number of rotatable bonds is 16. The molecule has 0 aliphatic carbocycles. The highest BCUT2D eigenvalue weighted by Crippen LogP contribution is 2.24. The Morgan fingerprint density at radius 1 is 0.529 bits per heavy atom. The highest BCUT2D eigenvalue weighted by atomic mass is 17.1. The van der Waals surface area contributed by atoms with E-state index in [1.807, 2.05) is 0 Å². The molecule has 0 amide bonds. The average Bonchev–Trinajstić information content (AvgIpc) is 2.79. The largest absolute Gasteiger partial charge is 0.503 e. The fourth-order valence-corrected chi connectivity index (χ4v) is 3.60. The molecule has 208 valence electrons. The maximum atomic E-state index is 8.56. The third kappa shape index (κ3) is 37.7. The van der Waals surface area contributed by atoms with Crippen molar-refractivity contribution in [2.24, 2.45) is 23.7 Å². The third-order valence-corrected chi connectivity index (χ3v) is 6.03. The molecule has 0 aromatic heterocycles. The van der Waals surface area contributed by atoms with E-state index in [0.29, 0.717) is 13.2 Å². The summed E-state index contributed by atoms with van der Waals surface area (Å²) in [7, 11) is 0. The van der Waals surface area contributed by atoms with E-state index < -0.39 is 12.3 Å². The van der Waals surface area contributed by atoms with Crippen molar-refractivity contribution in [3.05, 3.63) is 0 Å². The van der Waals surface area contributed by atoms with Crippen molar-refractivity contribution in [1.82, 2.24) is 0 Å². The van der Waals surface area contributed by atoms with Gasteiger partial charge in [0.05, 0.1) is 13.2 Å². The molecule has 0 aliphatic heterocycles. The van der Waals surface area contributed by atoms with Gasteiger partial charge in [-0.15, -0.1) is 0 Å². The summed E-state index contributed by atoms with van der Waals surface area (Å²) in [4.78, 5) is 25.4. The summed E-state index contributed by atoms with van der Waals surface area (Å²) in [6, 6.07) is 0. The summed E-state index contributed by atoms with van der Waals surface area (Å²) < 4.78 is 0. The van der Waals surface area contributed by atoms with Crippen molar-refractivity contribution in [3.63, 3.8) is 0 Å². The van der Waals surface area contributed by atoms with Gasteiger partial charge in [-0.05, 0) is 49.4 Å². The van der Waals surface area contributed by atoms with Gasteiger partial charge in [0.2, 0.25) is 0 Å². The Hall–Kier alpha value is -1.62. The Morgan fingerprint density at radius 2 is 0.735 bits per heavy atom. The van der Waals surface area contributed by atoms with Crippen molar-refractivity contribution in [2.75, 3.05) is 13.2 Å². The topological polar surface area (TPSA) is 174 Å². The van der Waals surface area contributed by atoms with Crippen LogP contribution in [-0.4, -0.2) is 56.5 Å². The zero-order chi connectivity index (χ0) is 27.4. The maximum Gasteiger partial charge on any atom is 0.503 e. The molecule has 0 fully saturated rings. The molecule has 0 bridgehead atoms. The van der Waals surface area contributed by atoms with E-state index >= 15 is 0 Å². The highest BCUT2D eigenvalue weighted by Gasteiger charge is 2.13. The monoisotopic (exact) mass is 500 g/mol. The molecule has 0 aromatic rings. The zero-order valence-corrected chi connectivity index (χ0v) is 22.1. The van der Waals surface area contributed by atoms with E-state index in [1.165, 1.54) is 51.4 Å². The molecule has 0 saturated carbocycles. The smallest absolute Gasteiger partial charge is 0.450 e. The van der Waals surface area contributed by atoms with Gasteiger partial charge in [0.1, 0.15) is 0 Å². The van der Waals surface area contributed by atoms with E-state index in [2.05, 4.69) is 51.3 Å². The van der Waals surface area contributed by atoms with Crippen LogP contribution in [0.25, 0.3) is 0 Å². The van der Waals surface area contributed by atoms with Crippen molar-refractivity contribution in [1.29, 1.82) is 0 Å². The molecule has 6 N–H and O–H groups in total. The van der Waals surface area contributed by atoms with Crippen molar-refractivity contribution >= 4 is 12.3 Å². The summed E-state index contributed by atoms with van der Waals surface area (Å²) >= 11 is 0. The minimum atomic E-state index is -1.83. The molecule has 10 heteroatoms. The first-order valence-electron chi connectivity index (χ1n) is 12.4. The fourth-order valence-electron chi connectivity index (χ4n) is 3.60. The first-order chi connectivity index (χ1) is 16.0. The van der Waals surface area contributed by atoms with Crippen LogP contribution in [0.5, 0.6) is 0 Å². The second-order valence-electron chi connectivity index (χ2n) is 8.19. The van der Waals surface area contributed by atoms with Gasteiger partial charge < -0.3 is 20.4 Å². The number of carbonyl (C=O) groups is 2. The Balaban J connectivity index is -0.000000201. The first kappa shape index (κ1) is 39.6. The fraction of sp³-hybridized carbons (Fsp3) is 0.917. The predicted octanol–water partition coefficient (Wildman–Crippen LogP) is 7.88. The van der Waals surface area contributed by atoms with Crippen LogP contribution >= 0.6 is 0 Å². The lowest BCUT2D eigenvalue weighted by Gasteiger charge is -2.19. The van der Waals surface area contributed by atoms with E-state index in [0.717, 1.165) is 36.5 Å². The molecule has 0 heterocycles. The van der Waals surface area contributed by atoms with E-state index in [-0.39, 0.29) is 0 Å². The van der Waals surface area contributed by atoms with Crippen LogP contribution in [0.4, 0.5) is 9.59 Å². The normalized spacial score (nSPS) is 11.8. The molecular formula is C24H52O10. The van der Waals surface area contributed by atoms with Gasteiger partial charge in [0, 0.05) is 0 Å². The second-order valence-corrected chi connectivity index (χ2v) is 8.19. The minimum absolute atomic E-state index is 0.485. The lowest BCUT2D eigenvalue weighted by Crippen LogP contribution is -2.09. The van der Waals surface area contributed by atoms with Crippen LogP contribution < -0.4 is 0 Å². The standard InChI is InChI=1S/2C11H24O2.2CH2O3/c2*1-4-10(5-2)9-11(6-3)7-8-13-12;2*2-1(3)4/h2*10-12H,4-9H2,1-3H3;2*(H2,2,3,4). The van der Waals surface area contributed by atoms with Gasteiger partial charge in [0.15, 0.2) is 0 Å². The molecule has 0 aromatic carbocycles. The van der Waals surface area contributed by atoms with Crippen LogP contribution in [0.15, 0.2) is 0 Å². The van der Waals surface area contributed by atoms with Crippen molar-refractivity contribution in [3.8, 4) is 0 Å². The SMILES string of the molecule is CCC(CC)CC(CC)CCOO.CCC(CC)CC(CC)CCOO.O=C(O)O.O=C(O)O. The number of hydrogen-bond acceptors (Lipinski definition) is 6. The van der Waals surface area contributed by atoms with Crippen LogP contribution in [0.1, 0.15) is 106 Å². The van der Waals surface area contributed by atoms with Crippen LogP contribution in [0, 0.1) is 23.7 Å². The molecule has 0 spiro atoms. The van der Waals surface area contributed by atoms with Gasteiger partial charge in [-0.3, -0.25) is 10.5 Å². The van der Waals surface area contributed by atoms with E-state index in [9.17, 15) is 0 Å². The summed E-state index contributed by atoms with van der Waals surface area (Å²) in [6.45, 7) is 14.4. The lowest BCUT2D eigenvalue weighted by molar-refractivity contribution is -0.244. The number of hydrogen-bond donors (Lipinski definition) is 6. The Bertz CT molecular complexity index is 367. The number of carboxylic acid groups (broad SMARTS) is 4. The molecule has 10 nitrogen and oxygen atoms in total. The molecule has 0 aliphatic rings.